The lowest BCUT2D eigenvalue weighted by Crippen LogP contribution is -2.55. The van der Waals surface area contributed by atoms with Crippen molar-refractivity contribution in [1.29, 1.82) is 0 Å². The van der Waals surface area contributed by atoms with Gasteiger partial charge in [-0.3, -0.25) is 0 Å². The predicted molar refractivity (Wildman–Crippen MR) is 71.5 cm³/mol. The normalized spacial score (nSPS) is 17.9. The second kappa shape index (κ2) is 5.09. The molecule has 2 heteroatoms. The van der Waals surface area contributed by atoms with E-state index in [-0.39, 0.29) is 0 Å². The SMILES string of the molecule is COc1cccc(CC2(CC(C)C)CNC2)c1. The van der Waals surface area contributed by atoms with E-state index in [0.717, 1.165) is 31.2 Å². The average molecular weight is 233 g/mol. The lowest BCUT2D eigenvalue weighted by atomic mass is 9.71. The summed E-state index contributed by atoms with van der Waals surface area (Å²) in [5.41, 5.74) is 1.87. The van der Waals surface area contributed by atoms with Gasteiger partial charge in [-0.1, -0.05) is 26.0 Å². The number of hydrogen-bond donors (Lipinski definition) is 1. The van der Waals surface area contributed by atoms with Gasteiger partial charge in [0.25, 0.3) is 0 Å². The van der Waals surface area contributed by atoms with Crippen LogP contribution in [0.3, 0.4) is 0 Å². The highest BCUT2D eigenvalue weighted by Gasteiger charge is 2.37. The van der Waals surface area contributed by atoms with Crippen LogP contribution in [0.1, 0.15) is 25.8 Å². The molecule has 1 heterocycles. The summed E-state index contributed by atoms with van der Waals surface area (Å²) in [7, 11) is 1.73. The number of ether oxygens (including phenoxy) is 1. The van der Waals surface area contributed by atoms with Gasteiger partial charge in [-0.2, -0.15) is 0 Å². The summed E-state index contributed by atoms with van der Waals surface area (Å²) >= 11 is 0. The topological polar surface area (TPSA) is 21.3 Å². The van der Waals surface area contributed by atoms with E-state index in [4.69, 9.17) is 4.74 Å². The Labute approximate surface area is 104 Å². The molecule has 0 amide bonds. The molecule has 0 aliphatic carbocycles. The van der Waals surface area contributed by atoms with Crippen molar-refractivity contribution in [2.75, 3.05) is 20.2 Å². The lowest BCUT2D eigenvalue weighted by Gasteiger charge is -2.44. The number of rotatable bonds is 5. The average Bonchev–Trinajstić information content (AvgIpc) is 2.26. The standard InChI is InChI=1S/C15H23NO/c1-12(2)8-15(10-16-11-15)9-13-5-4-6-14(7-13)17-3/h4-7,12,16H,8-11H2,1-3H3. The quantitative estimate of drug-likeness (QED) is 0.844. The van der Waals surface area contributed by atoms with Crippen molar-refractivity contribution in [2.45, 2.75) is 26.7 Å². The number of nitrogens with one attached hydrogen (secondary N) is 1. The monoisotopic (exact) mass is 233 g/mol. The molecule has 1 aliphatic rings. The molecule has 0 saturated carbocycles. The maximum absolute atomic E-state index is 5.29. The molecule has 1 fully saturated rings. The van der Waals surface area contributed by atoms with Crippen molar-refractivity contribution in [1.82, 2.24) is 5.32 Å². The Bertz CT molecular complexity index is 369. The molecule has 1 aromatic carbocycles. The van der Waals surface area contributed by atoms with Gasteiger partial charge in [0.1, 0.15) is 5.75 Å². The Hall–Kier alpha value is -1.02. The van der Waals surface area contributed by atoms with Crippen LogP contribution in [0.2, 0.25) is 0 Å². The van der Waals surface area contributed by atoms with Gasteiger partial charge in [0.05, 0.1) is 7.11 Å². The van der Waals surface area contributed by atoms with Crippen molar-refractivity contribution in [3.8, 4) is 5.75 Å². The fourth-order valence-electron chi connectivity index (χ4n) is 2.90. The number of hydrogen-bond acceptors (Lipinski definition) is 2. The van der Waals surface area contributed by atoms with Gasteiger partial charge in [0, 0.05) is 13.1 Å². The molecule has 94 valence electrons. The molecular weight excluding hydrogens is 210 g/mol. The van der Waals surface area contributed by atoms with Gasteiger partial charge in [-0.15, -0.1) is 0 Å². The summed E-state index contributed by atoms with van der Waals surface area (Å²) in [6.07, 6.45) is 2.46. The zero-order valence-corrected chi connectivity index (χ0v) is 11.1. The summed E-state index contributed by atoms with van der Waals surface area (Å²) in [6, 6.07) is 8.48. The highest BCUT2D eigenvalue weighted by Crippen LogP contribution is 2.35. The van der Waals surface area contributed by atoms with Crippen LogP contribution >= 0.6 is 0 Å². The van der Waals surface area contributed by atoms with Crippen molar-refractivity contribution in [3.05, 3.63) is 29.8 Å². The van der Waals surface area contributed by atoms with Gasteiger partial charge >= 0.3 is 0 Å². The van der Waals surface area contributed by atoms with Gasteiger partial charge in [-0.25, -0.2) is 0 Å². The maximum atomic E-state index is 5.29. The Morgan fingerprint density at radius 2 is 2.12 bits per heavy atom. The van der Waals surface area contributed by atoms with E-state index in [9.17, 15) is 0 Å². The molecule has 0 unspecified atom stereocenters. The Kier molecular flexibility index (Phi) is 3.72. The molecule has 0 bridgehead atoms. The number of benzene rings is 1. The van der Waals surface area contributed by atoms with Gasteiger partial charge in [-0.05, 0) is 41.9 Å². The second-order valence-corrected chi connectivity index (χ2v) is 5.73. The number of methoxy groups -OCH3 is 1. The molecule has 0 aromatic heterocycles. The van der Waals surface area contributed by atoms with E-state index in [1.807, 2.05) is 6.07 Å². The fraction of sp³-hybridized carbons (Fsp3) is 0.600. The minimum atomic E-state index is 0.473. The summed E-state index contributed by atoms with van der Waals surface area (Å²) in [5, 5.41) is 3.43. The molecule has 1 aromatic rings. The van der Waals surface area contributed by atoms with Crippen LogP contribution in [-0.2, 0) is 6.42 Å². The third kappa shape index (κ3) is 3.01. The maximum Gasteiger partial charge on any atom is 0.119 e. The molecule has 0 spiro atoms. The van der Waals surface area contributed by atoms with E-state index < -0.39 is 0 Å². The second-order valence-electron chi connectivity index (χ2n) is 5.73. The van der Waals surface area contributed by atoms with Gasteiger partial charge in [0.2, 0.25) is 0 Å². The van der Waals surface area contributed by atoms with E-state index in [2.05, 4.69) is 37.4 Å². The Morgan fingerprint density at radius 1 is 1.35 bits per heavy atom. The van der Waals surface area contributed by atoms with Crippen molar-refractivity contribution < 1.29 is 4.74 Å². The highest BCUT2D eigenvalue weighted by atomic mass is 16.5. The summed E-state index contributed by atoms with van der Waals surface area (Å²) < 4.78 is 5.29. The first-order valence-electron chi connectivity index (χ1n) is 6.47. The molecular formula is C15H23NO. The summed E-state index contributed by atoms with van der Waals surface area (Å²) in [4.78, 5) is 0. The smallest absolute Gasteiger partial charge is 0.119 e. The highest BCUT2D eigenvalue weighted by molar-refractivity contribution is 5.29. The Morgan fingerprint density at radius 3 is 2.65 bits per heavy atom. The van der Waals surface area contributed by atoms with Crippen LogP contribution < -0.4 is 10.1 Å². The van der Waals surface area contributed by atoms with Gasteiger partial charge in [0.15, 0.2) is 0 Å². The fourth-order valence-corrected chi connectivity index (χ4v) is 2.90. The van der Waals surface area contributed by atoms with Crippen LogP contribution in [0.15, 0.2) is 24.3 Å². The molecule has 2 rings (SSSR count). The minimum absolute atomic E-state index is 0.473. The molecule has 2 nitrogen and oxygen atoms in total. The first kappa shape index (κ1) is 12.4. The summed E-state index contributed by atoms with van der Waals surface area (Å²) in [6.45, 7) is 6.93. The van der Waals surface area contributed by atoms with Crippen LogP contribution in [0.5, 0.6) is 5.75 Å². The molecule has 0 atom stereocenters. The van der Waals surface area contributed by atoms with E-state index >= 15 is 0 Å². The lowest BCUT2D eigenvalue weighted by molar-refractivity contribution is 0.131. The van der Waals surface area contributed by atoms with E-state index in [1.54, 1.807) is 7.11 Å². The predicted octanol–water partition coefficient (Wildman–Crippen LogP) is 2.87. The molecule has 1 saturated heterocycles. The zero-order chi connectivity index (χ0) is 12.3. The summed E-state index contributed by atoms with van der Waals surface area (Å²) in [5.74, 6) is 1.73. The van der Waals surface area contributed by atoms with Crippen molar-refractivity contribution >= 4 is 0 Å². The molecule has 0 radical (unpaired) electrons. The van der Waals surface area contributed by atoms with Crippen LogP contribution in [0.25, 0.3) is 0 Å². The van der Waals surface area contributed by atoms with Crippen LogP contribution in [0.4, 0.5) is 0 Å². The molecule has 1 aliphatic heterocycles. The third-order valence-corrected chi connectivity index (χ3v) is 3.55. The van der Waals surface area contributed by atoms with Crippen molar-refractivity contribution in [3.63, 3.8) is 0 Å². The van der Waals surface area contributed by atoms with Crippen LogP contribution in [0, 0.1) is 11.3 Å². The largest absolute Gasteiger partial charge is 0.497 e. The van der Waals surface area contributed by atoms with Gasteiger partial charge < -0.3 is 10.1 Å². The van der Waals surface area contributed by atoms with Crippen molar-refractivity contribution in [2.24, 2.45) is 11.3 Å². The Balaban J connectivity index is 2.07. The first-order valence-corrected chi connectivity index (χ1v) is 6.47. The first-order chi connectivity index (χ1) is 8.13. The third-order valence-electron chi connectivity index (χ3n) is 3.55. The zero-order valence-electron chi connectivity index (χ0n) is 11.1. The minimum Gasteiger partial charge on any atom is -0.497 e. The molecule has 17 heavy (non-hydrogen) atoms. The van der Waals surface area contributed by atoms with Crippen LogP contribution in [-0.4, -0.2) is 20.2 Å². The molecule has 1 N–H and O–H groups in total. The van der Waals surface area contributed by atoms with E-state index in [0.29, 0.717) is 5.41 Å². The van der Waals surface area contributed by atoms with E-state index in [1.165, 1.54) is 12.0 Å².